The van der Waals surface area contributed by atoms with Crippen LogP contribution < -0.4 is 19.9 Å². The van der Waals surface area contributed by atoms with Gasteiger partial charge in [0.2, 0.25) is 0 Å². The third kappa shape index (κ3) is 3.73. The van der Waals surface area contributed by atoms with Gasteiger partial charge in [0.25, 0.3) is 5.91 Å². The summed E-state index contributed by atoms with van der Waals surface area (Å²) in [6, 6.07) is 5.00. The highest BCUT2D eigenvalue weighted by Crippen LogP contribution is 2.35. The monoisotopic (exact) mass is 324 g/mol. The summed E-state index contributed by atoms with van der Waals surface area (Å²) in [5.41, 5.74) is 0.512. The second-order valence-corrected chi connectivity index (χ2v) is 5.61. The van der Waals surface area contributed by atoms with Crippen molar-refractivity contribution in [1.82, 2.24) is 5.32 Å². The molecule has 6 nitrogen and oxygen atoms in total. The molecular weight excluding hydrogens is 314 g/mol. The number of carboxylic acid groups (broad SMARTS) is 1. The molecule has 1 heterocycles. The molecular formula is C13H10NO5S2-. The number of hydrogen-bond acceptors (Lipinski definition) is 7. The number of carbonyl (C=O) groups is 2. The lowest BCUT2D eigenvalue weighted by Crippen LogP contribution is -2.29. The van der Waals surface area contributed by atoms with Crippen LogP contribution in [0.1, 0.15) is 5.56 Å². The van der Waals surface area contributed by atoms with Crippen molar-refractivity contribution in [1.29, 1.82) is 0 Å². The Morgan fingerprint density at radius 3 is 2.86 bits per heavy atom. The average Bonchev–Trinajstić information content (AvgIpc) is 2.75. The minimum Gasteiger partial charge on any atom is -0.546 e. The molecule has 1 aromatic rings. The molecule has 1 saturated heterocycles. The first-order chi connectivity index (χ1) is 10.0. The van der Waals surface area contributed by atoms with Crippen molar-refractivity contribution < 1.29 is 24.2 Å². The molecule has 110 valence electrons. The van der Waals surface area contributed by atoms with Gasteiger partial charge in [0.15, 0.2) is 11.5 Å². The predicted octanol–water partition coefficient (Wildman–Crippen LogP) is 0.313. The molecule has 0 aliphatic carbocycles. The number of hydrogen-bond donors (Lipinski definition) is 1. The van der Waals surface area contributed by atoms with E-state index in [4.69, 9.17) is 21.7 Å². The van der Waals surface area contributed by atoms with E-state index in [0.29, 0.717) is 20.5 Å². The fraction of sp³-hybridized carbons (Fsp3) is 0.154. The Balaban J connectivity index is 2.38. The topological polar surface area (TPSA) is 87.7 Å². The van der Waals surface area contributed by atoms with Crippen LogP contribution in [0.4, 0.5) is 0 Å². The molecule has 0 spiro atoms. The molecule has 0 bridgehead atoms. The minimum absolute atomic E-state index is 0.225. The van der Waals surface area contributed by atoms with E-state index < -0.39 is 12.6 Å². The van der Waals surface area contributed by atoms with Gasteiger partial charge in [-0.15, -0.1) is 0 Å². The van der Waals surface area contributed by atoms with E-state index >= 15 is 0 Å². The summed E-state index contributed by atoms with van der Waals surface area (Å²) in [5.74, 6) is -1.08. The van der Waals surface area contributed by atoms with Crippen molar-refractivity contribution >= 4 is 46.3 Å². The standard InChI is InChI=1S/C13H11NO5S2/c1-18-8-4-2-3-7(11(8)19-6-10(15)16)5-9-12(17)14-13(20)21-9/h2-5H,6H2,1H3,(H,15,16)(H,14,17,20)/p-1/b9-5-. The normalized spacial score (nSPS) is 16.0. The number of thioether (sulfide) groups is 1. The molecule has 2 rings (SSSR count). The number of benzene rings is 1. The van der Waals surface area contributed by atoms with Crippen LogP contribution in [0, 0.1) is 0 Å². The first-order valence-corrected chi connectivity index (χ1v) is 6.98. The van der Waals surface area contributed by atoms with Crippen LogP contribution in [0.2, 0.25) is 0 Å². The van der Waals surface area contributed by atoms with Crippen molar-refractivity contribution in [3.05, 3.63) is 28.7 Å². The number of para-hydroxylation sites is 1. The molecule has 0 radical (unpaired) electrons. The van der Waals surface area contributed by atoms with Gasteiger partial charge in [-0.05, 0) is 12.1 Å². The number of nitrogens with one attached hydrogen (secondary N) is 1. The molecule has 1 fully saturated rings. The third-order valence-corrected chi connectivity index (χ3v) is 3.65. The molecule has 1 aliphatic heterocycles. The number of carboxylic acids is 1. The Labute approximate surface area is 130 Å². The third-order valence-electron chi connectivity index (χ3n) is 2.49. The van der Waals surface area contributed by atoms with Crippen molar-refractivity contribution in [2.24, 2.45) is 0 Å². The Hall–Kier alpha value is -2.06. The summed E-state index contributed by atoms with van der Waals surface area (Å²) in [6.07, 6.45) is 1.56. The quantitative estimate of drug-likeness (QED) is 0.616. The molecule has 1 aromatic carbocycles. The summed E-state index contributed by atoms with van der Waals surface area (Å²) in [4.78, 5) is 22.6. The number of methoxy groups -OCH3 is 1. The van der Waals surface area contributed by atoms with Gasteiger partial charge in [-0.25, -0.2) is 0 Å². The average molecular weight is 324 g/mol. The van der Waals surface area contributed by atoms with Gasteiger partial charge in [0.05, 0.1) is 18.0 Å². The van der Waals surface area contributed by atoms with Gasteiger partial charge in [0.1, 0.15) is 10.9 Å². The van der Waals surface area contributed by atoms with Crippen LogP contribution in [-0.2, 0) is 9.59 Å². The summed E-state index contributed by atoms with van der Waals surface area (Å²) < 4.78 is 10.7. The van der Waals surface area contributed by atoms with Crippen LogP contribution >= 0.6 is 24.0 Å². The molecule has 0 unspecified atom stereocenters. The number of rotatable bonds is 5. The lowest BCUT2D eigenvalue weighted by molar-refractivity contribution is -0.307. The van der Waals surface area contributed by atoms with Crippen LogP contribution in [-0.4, -0.2) is 29.9 Å². The zero-order valence-electron chi connectivity index (χ0n) is 10.9. The predicted molar refractivity (Wildman–Crippen MR) is 79.8 cm³/mol. The summed E-state index contributed by atoms with van der Waals surface area (Å²) >= 11 is 6.03. The van der Waals surface area contributed by atoms with E-state index in [-0.39, 0.29) is 11.7 Å². The number of ether oxygens (including phenoxy) is 2. The van der Waals surface area contributed by atoms with E-state index in [1.807, 2.05) is 0 Å². The minimum atomic E-state index is -1.35. The molecule has 21 heavy (non-hydrogen) atoms. The van der Waals surface area contributed by atoms with Crippen molar-refractivity contribution in [3.63, 3.8) is 0 Å². The molecule has 0 atom stereocenters. The Morgan fingerprint density at radius 2 is 2.29 bits per heavy atom. The van der Waals surface area contributed by atoms with Crippen LogP contribution in [0.15, 0.2) is 23.1 Å². The molecule has 1 amide bonds. The van der Waals surface area contributed by atoms with Gasteiger partial charge < -0.3 is 24.7 Å². The number of aliphatic carboxylic acids is 1. The lowest BCUT2D eigenvalue weighted by atomic mass is 10.1. The molecule has 0 aromatic heterocycles. The molecule has 1 N–H and O–H groups in total. The zero-order valence-corrected chi connectivity index (χ0v) is 12.5. The van der Waals surface area contributed by atoms with Gasteiger partial charge >= 0.3 is 0 Å². The Morgan fingerprint density at radius 1 is 1.52 bits per heavy atom. The van der Waals surface area contributed by atoms with Crippen molar-refractivity contribution in [3.8, 4) is 11.5 Å². The highest BCUT2D eigenvalue weighted by molar-refractivity contribution is 8.26. The van der Waals surface area contributed by atoms with E-state index in [0.717, 1.165) is 11.8 Å². The number of thiocarbonyl (C=S) groups is 1. The summed E-state index contributed by atoms with van der Waals surface area (Å²) in [5, 5.41) is 13.0. The van der Waals surface area contributed by atoms with E-state index in [9.17, 15) is 14.7 Å². The fourth-order valence-corrected chi connectivity index (χ4v) is 2.69. The van der Waals surface area contributed by atoms with Crippen molar-refractivity contribution in [2.45, 2.75) is 0 Å². The lowest BCUT2D eigenvalue weighted by Gasteiger charge is -2.13. The zero-order chi connectivity index (χ0) is 15.4. The molecule has 8 heteroatoms. The summed E-state index contributed by atoms with van der Waals surface area (Å²) in [7, 11) is 1.43. The second kappa shape index (κ2) is 6.59. The van der Waals surface area contributed by atoms with Crippen LogP contribution in [0.5, 0.6) is 11.5 Å². The first kappa shape index (κ1) is 15.3. The maximum Gasteiger partial charge on any atom is 0.263 e. The van der Waals surface area contributed by atoms with E-state index in [2.05, 4.69) is 5.32 Å². The molecule has 1 aliphatic rings. The van der Waals surface area contributed by atoms with Crippen molar-refractivity contribution in [2.75, 3.05) is 13.7 Å². The Kier molecular flexibility index (Phi) is 4.81. The van der Waals surface area contributed by atoms with E-state index in [1.165, 1.54) is 7.11 Å². The van der Waals surface area contributed by atoms with E-state index in [1.54, 1.807) is 24.3 Å². The highest BCUT2D eigenvalue weighted by Gasteiger charge is 2.23. The van der Waals surface area contributed by atoms with Gasteiger partial charge in [-0.2, -0.15) is 0 Å². The largest absolute Gasteiger partial charge is 0.546 e. The fourth-order valence-electron chi connectivity index (χ4n) is 1.66. The summed E-state index contributed by atoms with van der Waals surface area (Å²) in [6.45, 7) is -0.617. The van der Waals surface area contributed by atoms with Gasteiger partial charge in [0, 0.05) is 5.56 Å². The second-order valence-electron chi connectivity index (χ2n) is 3.89. The number of amides is 1. The SMILES string of the molecule is COc1cccc(/C=C2\SC(=S)NC2=O)c1OCC(=O)[O-]. The maximum atomic E-state index is 11.7. The number of carbonyl (C=O) groups excluding carboxylic acids is 2. The maximum absolute atomic E-state index is 11.7. The highest BCUT2D eigenvalue weighted by atomic mass is 32.2. The smallest absolute Gasteiger partial charge is 0.263 e. The Bertz CT molecular complexity index is 641. The van der Waals surface area contributed by atoms with Crippen LogP contribution in [0.25, 0.3) is 6.08 Å². The molecule has 0 saturated carbocycles. The van der Waals surface area contributed by atoms with Gasteiger partial charge in [-0.1, -0.05) is 36.1 Å². The van der Waals surface area contributed by atoms with Crippen LogP contribution in [0.3, 0.4) is 0 Å². The van der Waals surface area contributed by atoms with Gasteiger partial charge in [-0.3, -0.25) is 4.79 Å². The first-order valence-electron chi connectivity index (χ1n) is 5.75.